The molecule has 5 heteroatoms. The van der Waals surface area contributed by atoms with Crippen molar-refractivity contribution in [2.75, 3.05) is 26.2 Å². The van der Waals surface area contributed by atoms with E-state index in [-0.39, 0.29) is 5.91 Å². The molecule has 1 saturated heterocycles. The Kier molecular flexibility index (Phi) is 3.12. The van der Waals surface area contributed by atoms with Gasteiger partial charge in [-0.15, -0.1) is 0 Å². The lowest BCUT2D eigenvalue weighted by molar-refractivity contribution is -0.159. The summed E-state index contributed by atoms with van der Waals surface area (Å²) in [4.78, 5) is 27.2. The first kappa shape index (κ1) is 12.4. The van der Waals surface area contributed by atoms with E-state index < -0.39 is 11.4 Å². The highest BCUT2D eigenvalue weighted by atomic mass is 16.4. The fourth-order valence-electron chi connectivity index (χ4n) is 2.22. The number of amides is 1. The summed E-state index contributed by atoms with van der Waals surface area (Å²) in [5.74, 6) is -1.31. The van der Waals surface area contributed by atoms with Crippen LogP contribution < -0.4 is 0 Å². The van der Waals surface area contributed by atoms with Crippen LogP contribution in [0.1, 0.15) is 26.7 Å². The van der Waals surface area contributed by atoms with Crippen LogP contribution in [0.15, 0.2) is 0 Å². The molecule has 1 saturated carbocycles. The first-order valence-electron chi connectivity index (χ1n) is 6.20. The number of piperazine rings is 1. The molecule has 0 aromatic heterocycles. The third-order valence-electron chi connectivity index (χ3n) is 3.73. The molecule has 0 aromatic carbocycles. The van der Waals surface area contributed by atoms with E-state index in [0.29, 0.717) is 13.1 Å². The molecule has 0 atom stereocenters. The Morgan fingerprint density at radius 3 is 2.06 bits per heavy atom. The summed E-state index contributed by atoms with van der Waals surface area (Å²) in [6.45, 7) is 6.03. The normalized spacial score (nSPS) is 22.6. The fraction of sp³-hybridized carbons (Fsp3) is 0.833. The van der Waals surface area contributed by atoms with Crippen LogP contribution in [0, 0.1) is 5.41 Å². The molecule has 2 fully saturated rings. The predicted molar refractivity (Wildman–Crippen MR) is 62.6 cm³/mol. The molecule has 96 valence electrons. The van der Waals surface area contributed by atoms with Crippen molar-refractivity contribution in [1.29, 1.82) is 0 Å². The zero-order valence-corrected chi connectivity index (χ0v) is 10.5. The number of aliphatic carboxylic acids is 1. The topological polar surface area (TPSA) is 60.9 Å². The van der Waals surface area contributed by atoms with Gasteiger partial charge in [0.2, 0.25) is 5.91 Å². The lowest BCUT2D eigenvalue weighted by Gasteiger charge is -2.37. The highest BCUT2D eigenvalue weighted by Gasteiger charge is 2.41. The molecule has 2 rings (SSSR count). The van der Waals surface area contributed by atoms with Crippen molar-refractivity contribution in [3.63, 3.8) is 0 Å². The third kappa shape index (κ3) is 2.44. The summed E-state index contributed by atoms with van der Waals surface area (Å²) in [6.07, 6.45) is 2.54. The Hall–Kier alpha value is -1.10. The van der Waals surface area contributed by atoms with E-state index in [2.05, 4.69) is 4.90 Å². The number of rotatable bonds is 3. The second-order valence-corrected chi connectivity index (χ2v) is 5.49. The van der Waals surface area contributed by atoms with Crippen LogP contribution in [0.5, 0.6) is 0 Å². The van der Waals surface area contributed by atoms with Gasteiger partial charge in [0.1, 0.15) is 5.41 Å². The number of hydrogen-bond acceptors (Lipinski definition) is 3. The second kappa shape index (κ2) is 4.29. The zero-order valence-electron chi connectivity index (χ0n) is 10.5. The standard InChI is InChI=1S/C12H20N2O3/c1-12(2,11(16)17)10(15)14-7-5-13(6-8-14)9-3-4-9/h9H,3-8H2,1-2H3,(H,16,17). The molecule has 0 radical (unpaired) electrons. The van der Waals surface area contributed by atoms with Gasteiger partial charge >= 0.3 is 5.97 Å². The van der Waals surface area contributed by atoms with Crippen LogP contribution >= 0.6 is 0 Å². The van der Waals surface area contributed by atoms with Gasteiger partial charge in [-0.05, 0) is 26.7 Å². The monoisotopic (exact) mass is 240 g/mol. The molecular formula is C12H20N2O3. The summed E-state index contributed by atoms with van der Waals surface area (Å²) in [5.41, 5.74) is -1.30. The minimum atomic E-state index is -1.30. The maximum absolute atomic E-state index is 12.1. The number of carboxylic acid groups (broad SMARTS) is 1. The molecule has 1 amide bonds. The maximum Gasteiger partial charge on any atom is 0.318 e. The molecule has 5 nitrogen and oxygen atoms in total. The zero-order chi connectivity index (χ0) is 12.6. The van der Waals surface area contributed by atoms with Gasteiger partial charge in [0.05, 0.1) is 0 Å². The fourth-order valence-corrected chi connectivity index (χ4v) is 2.22. The molecule has 0 aromatic rings. The molecule has 1 aliphatic heterocycles. The van der Waals surface area contributed by atoms with E-state index in [1.807, 2.05) is 0 Å². The summed E-state index contributed by atoms with van der Waals surface area (Å²) >= 11 is 0. The van der Waals surface area contributed by atoms with E-state index in [1.54, 1.807) is 4.90 Å². The molecule has 1 aliphatic carbocycles. The predicted octanol–water partition coefficient (Wildman–Crippen LogP) is 0.404. The van der Waals surface area contributed by atoms with E-state index in [4.69, 9.17) is 5.11 Å². The van der Waals surface area contributed by atoms with Gasteiger partial charge < -0.3 is 10.0 Å². The Morgan fingerprint density at radius 1 is 1.12 bits per heavy atom. The van der Waals surface area contributed by atoms with Crippen molar-refractivity contribution >= 4 is 11.9 Å². The smallest absolute Gasteiger partial charge is 0.318 e. The largest absolute Gasteiger partial charge is 0.480 e. The highest BCUT2D eigenvalue weighted by Crippen LogP contribution is 2.28. The molecule has 1 heterocycles. The van der Waals surface area contributed by atoms with Crippen LogP contribution in [0.4, 0.5) is 0 Å². The number of hydrogen-bond donors (Lipinski definition) is 1. The average Bonchev–Trinajstić information content (AvgIpc) is 3.12. The molecular weight excluding hydrogens is 220 g/mol. The molecule has 0 bridgehead atoms. The van der Waals surface area contributed by atoms with Crippen LogP contribution in [0.2, 0.25) is 0 Å². The Morgan fingerprint density at radius 2 is 1.65 bits per heavy atom. The van der Waals surface area contributed by atoms with Crippen molar-refractivity contribution in [2.45, 2.75) is 32.7 Å². The van der Waals surface area contributed by atoms with Crippen molar-refractivity contribution in [2.24, 2.45) is 5.41 Å². The highest BCUT2D eigenvalue weighted by molar-refractivity contribution is 6.01. The summed E-state index contributed by atoms with van der Waals surface area (Å²) in [6, 6.07) is 0.722. The van der Waals surface area contributed by atoms with E-state index in [9.17, 15) is 9.59 Å². The number of carboxylic acids is 1. The summed E-state index contributed by atoms with van der Waals surface area (Å²) < 4.78 is 0. The lowest BCUT2D eigenvalue weighted by Crippen LogP contribution is -2.54. The van der Waals surface area contributed by atoms with E-state index in [0.717, 1.165) is 19.1 Å². The maximum atomic E-state index is 12.1. The minimum Gasteiger partial charge on any atom is -0.480 e. The molecule has 2 aliphatic rings. The first-order chi connectivity index (χ1) is 7.93. The van der Waals surface area contributed by atoms with E-state index >= 15 is 0 Å². The molecule has 0 unspecified atom stereocenters. The third-order valence-corrected chi connectivity index (χ3v) is 3.73. The van der Waals surface area contributed by atoms with Crippen LogP contribution in [0.25, 0.3) is 0 Å². The first-order valence-corrected chi connectivity index (χ1v) is 6.20. The Bertz CT molecular complexity index is 329. The van der Waals surface area contributed by atoms with Crippen molar-refractivity contribution in [1.82, 2.24) is 9.80 Å². The van der Waals surface area contributed by atoms with E-state index in [1.165, 1.54) is 26.7 Å². The average molecular weight is 240 g/mol. The van der Waals surface area contributed by atoms with Crippen LogP contribution in [-0.2, 0) is 9.59 Å². The van der Waals surface area contributed by atoms with Crippen LogP contribution in [0.3, 0.4) is 0 Å². The van der Waals surface area contributed by atoms with Crippen LogP contribution in [-0.4, -0.2) is 59.0 Å². The lowest BCUT2D eigenvalue weighted by atomic mass is 9.91. The minimum absolute atomic E-state index is 0.263. The van der Waals surface area contributed by atoms with Crippen molar-refractivity contribution in [3.05, 3.63) is 0 Å². The molecule has 1 N–H and O–H groups in total. The molecule has 17 heavy (non-hydrogen) atoms. The van der Waals surface area contributed by atoms with Gasteiger partial charge in [-0.3, -0.25) is 14.5 Å². The number of nitrogens with zero attached hydrogens (tertiary/aromatic N) is 2. The Balaban J connectivity index is 1.91. The van der Waals surface area contributed by atoms with Gasteiger partial charge in [-0.25, -0.2) is 0 Å². The van der Waals surface area contributed by atoms with Gasteiger partial charge in [-0.2, -0.15) is 0 Å². The van der Waals surface area contributed by atoms with Gasteiger partial charge in [-0.1, -0.05) is 0 Å². The summed E-state index contributed by atoms with van der Waals surface area (Å²) in [5, 5.41) is 9.03. The molecule has 0 spiro atoms. The van der Waals surface area contributed by atoms with Gasteiger partial charge in [0.25, 0.3) is 0 Å². The second-order valence-electron chi connectivity index (χ2n) is 5.49. The quantitative estimate of drug-likeness (QED) is 0.726. The SMILES string of the molecule is CC(C)(C(=O)O)C(=O)N1CCN(C2CC2)CC1. The summed E-state index contributed by atoms with van der Waals surface area (Å²) in [7, 11) is 0. The van der Waals surface area contributed by atoms with Gasteiger partial charge in [0, 0.05) is 32.2 Å². The van der Waals surface area contributed by atoms with Crippen molar-refractivity contribution in [3.8, 4) is 0 Å². The number of carbonyl (C=O) groups is 2. The van der Waals surface area contributed by atoms with Gasteiger partial charge in [0.15, 0.2) is 0 Å². The van der Waals surface area contributed by atoms with Crippen molar-refractivity contribution < 1.29 is 14.7 Å². The Labute approximate surface area is 101 Å². The number of carbonyl (C=O) groups excluding carboxylic acids is 1.